The smallest absolute Gasteiger partial charge is 0.250 e. The van der Waals surface area contributed by atoms with E-state index in [2.05, 4.69) is 15.1 Å². The zero-order valence-corrected chi connectivity index (χ0v) is 18.0. The van der Waals surface area contributed by atoms with E-state index >= 15 is 0 Å². The number of thioether (sulfide) groups is 1. The van der Waals surface area contributed by atoms with E-state index in [4.69, 9.17) is 11.6 Å². The van der Waals surface area contributed by atoms with Crippen LogP contribution in [0.3, 0.4) is 0 Å². The molecule has 0 bridgehead atoms. The van der Waals surface area contributed by atoms with Crippen LogP contribution < -0.4 is 5.43 Å². The van der Waals surface area contributed by atoms with E-state index in [-0.39, 0.29) is 17.5 Å². The average molecular weight is 452 g/mol. The van der Waals surface area contributed by atoms with Crippen LogP contribution in [-0.4, -0.2) is 22.4 Å². The lowest BCUT2D eigenvalue weighted by molar-refractivity contribution is -0.118. The van der Waals surface area contributed by atoms with Gasteiger partial charge in [0, 0.05) is 39.1 Å². The number of carbonyl (C=O) groups is 1. The molecular formula is C24H19ClFN3OS. The summed E-state index contributed by atoms with van der Waals surface area (Å²) >= 11 is 7.29. The number of hydrogen-bond donors (Lipinski definition) is 1. The predicted octanol–water partition coefficient (Wildman–Crippen LogP) is 5.72. The Morgan fingerprint density at radius 2 is 1.81 bits per heavy atom. The lowest BCUT2D eigenvalue weighted by atomic mass is 10.2. The summed E-state index contributed by atoms with van der Waals surface area (Å²) in [7, 11) is 0. The molecule has 3 aromatic carbocycles. The Labute approximate surface area is 188 Å². The van der Waals surface area contributed by atoms with E-state index in [1.807, 2.05) is 42.6 Å². The molecule has 4 aromatic rings. The van der Waals surface area contributed by atoms with Gasteiger partial charge in [-0.25, -0.2) is 9.82 Å². The maximum absolute atomic E-state index is 13.2. The van der Waals surface area contributed by atoms with Crippen molar-refractivity contribution in [3.63, 3.8) is 0 Å². The van der Waals surface area contributed by atoms with Gasteiger partial charge in [-0.05, 0) is 48.0 Å². The van der Waals surface area contributed by atoms with E-state index in [0.29, 0.717) is 11.6 Å². The van der Waals surface area contributed by atoms with Crippen molar-refractivity contribution in [2.24, 2.45) is 5.10 Å². The SMILES string of the molecule is O=C(CSc1ccc(Cl)cc1)N/N=C\c1cn(Cc2ccc(F)cc2)c2ccccc12. The molecule has 156 valence electrons. The number of nitrogens with one attached hydrogen (secondary N) is 1. The first kappa shape index (κ1) is 21.2. The fourth-order valence-corrected chi connectivity index (χ4v) is 4.00. The lowest BCUT2D eigenvalue weighted by Gasteiger charge is -2.05. The molecule has 7 heteroatoms. The zero-order valence-electron chi connectivity index (χ0n) is 16.5. The van der Waals surface area contributed by atoms with Crippen LogP contribution in [0.1, 0.15) is 11.1 Å². The number of nitrogens with zero attached hydrogens (tertiary/aromatic N) is 2. The minimum atomic E-state index is -0.251. The van der Waals surface area contributed by atoms with E-state index < -0.39 is 0 Å². The minimum Gasteiger partial charge on any atom is -0.342 e. The van der Waals surface area contributed by atoms with Gasteiger partial charge in [0.1, 0.15) is 5.82 Å². The molecule has 1 aromatic heterocycles. The summed E-state index contributed by atoms with van der Waals surface area (Å²) in [5, 5.41) is 5.82. The van der Waals surface area contributed by atoms with Crippen molar-refractivity contribution >= 4 is 46.4 Å². The van der Waals surface area contributed by atoms with Crippen LogP contribution in [0.2, 0.25) is 5.02 Å². The molecule has 31 heavy (non-hydrogen) atoms. The molecule has 0 aliphatic carbocycles. The fourth-order valence-electron chi connectivity index (χ4n) is 3.18. The van der Waals surface area contributed by atoms with Crippen LogP contribution in [0.15, 0.2) is 89.0 Å². The van der Waals surface area contributed by atoms with Gasteiger partial charge in [-0.1, -0.05) is 41.9 Å². The summed E-state index contributed by atoms with van der Waals surface area (Å²) in [5.74, 6) is -0.184. The summed E-state index contributed by atoms with van der Waals surface area (Å²) in [4.78, 5) is 13.1. The summed E-state index contributed by atoms with van der Waals surface area (Å²) in [5.41, 5.74) is 5.51. The molecule has 1 heterocycles. The van der Waals surface area contributed by atoms with Gasteiger partial charge >= 0.3 is 0 Å². The largest absolute Gasteiger partial charge is 0.342 e. The van der Waals surface area contributed by atoms with Gasteiger partial charge in [-0.2, -0.15) is 5.10 Å². The monoisotopic (exact) mass is 451 g/mol. The van der Waals surface area contributed by atoms with Crippen LogP contribution in [0.4, 0.5) is 4.39 Å². The highest BCUT2D eigenvalue weighted by Crippen LogP contribution is 2.22. The van der Waals surface area contributed by atoms with Crippen molar-refractivity contribution in [2.75, 3.05) is 5.75 Å². The average Bonchev–Trinajstić information content (AvgIpc) is 3.12. The third-order valence-corrected chi connectivity index (χ3v) is 5.93. The van der Waals surface area contributed by atoms with Gasteiger partial charge in [-0.3, -0.25) is 4.79 Å². The van der Waals surface area contributed by atoms with Gasteiger partial charge in [0.15, 0.2) is 0 Å². The topological polar surface area (TPSA) is 46.4 Å². The fraction of sp³-hybridized carbons (Fsp3) is 0.0833. The maximum atomic E-state index is 13.2. The Kier molecular flexibility index (Phi) is 6.70. The second kappa shape index (κ2) is 9.81. The van der Waals surface area contributed by atoms with Crippen LogP contribution >= 0.6 is 23.4 Å². The van der Waals surface area contributed by atoms with E-state index in [0.717, 1.165) is 26.9 Å². The molecule has 0 atom stereocenters. The molecule has 0 spiro atoms. The number of para-hydroxylation sites is 1. The third-order valence-electron chi connectivity index (χ3n) is 4.66. The van der Waals surface area contributed by atoms with Crippen LogP contribution in [0.5, 0.6) is 0 Å². The van der Waals surface area contributed by atoms with Crippen molar-refractivity contribution in [3.8, 4) is 0 Å². The molecule has 0 unspecified atom stereocenters. The Bertz CT molecular complexity index is 1220. The number of halogens is 2. The Morgan fingerprint density at radius 1 is 1.06 bits per heavy atom. The molecule has 4 nitrogen and oxygen atoms in total. The summed E-state index contributed by atoms with van der Waals surface area (Å²) < 4.78 is 15.3. The van der Waals surface area contributed by atoms with Crippen molar-refractivity contribution in [1.82, 2.24) is 9.99 Å². The quantitative estimate of drug-likeness (QED) is 0.222. The van der Waals surface area contributed by atoms with Crippen molar-refractivity contribution in [3.05, 3.63) is 101 Å². The Balaban J connectivity index is 1.42. The second-order valence-electron chi connectivity index (χ2n) is 6.89. The van der Waals surface area contributed by atoms with E-state index in [1.54, 1.807) is 30.5 Å². The third kappa shape index (κ3) is 5.54. The van der Waals surface area contributed by atoms with Crippen molar-refractivity contribution in [1.29, 1.82) is 0 Å². The van der Waals surface area contributed by atoms with Gasteiger partial charge in [0.2, 0.25) is 5.91 Å². The highest BCUT2D eigenvalue weighted by atomic mass is 35.5. The van der Waals surface area contributed by atoms with Crippen LogP contribution in [-0.2, 0) is 11.3 Å². The van der Waals surface area contributed by atoms with E-state index in [1.165, 1.54) is 23.9 Å². The van der Waals surface area contributed by atoms with Gasteiger partial charge in [0.25, 0.3) is 0 Å². The highest BCUT2D eigenvalue weighted by Gasteiger charge is 2.08. The molecular weight excluding hydrogens is 433 g/mol. The van der Waals surface area contributed by atoms with Crippen molar-refractivity contribution < 1.29 is 9.18 Å². The predicted molar refractivity (Wildman–Crippen MR) is 125 cm³/mol. The molecule has 0 radical (unpaired) electrons. The van der Waals surface area contributed by atoms with Crippen molar-refractivity contribution in [2.45, 2.75) is 11.4 Å². The second-order valence-corrected chi connectivity index (χ2v) is 8.38. The molecule has 0 aliphatic heterocycles. The number of amides is 1. The summed E-state index contributed by atoms with van der Waals surface area (Å²) in [6.07, 6.45) is 3.63. The molecule has 1 amide bonds. The number of hydrogen-bond acceptors (Lipinski definition) is 3. The number of rotatable bonds is 7. The van der Waals surface area contributed by atoms with Gasteiger partial charge in [0.05, 0.1) is 12.0 Å². The van der Waals surface area contributed by atoms with Gasteiger partial charge < -0.3 is 4.57 Å². The number of aromatic nitrogens is 1. The lowest BCUT2D eigenvalue weighted by Crippen LogP contribution is -2.19. The number of hydrazone groups is 1. The number of carbonyl (C=O) groups excluding carboxylic acids is 1. The first-order valence-electron chi connectivity index (χ1n) is 9.61. The first-order valence-corrected chi connectivity index (χ1v) is 11.0. The molecule has 0 saturated heterocycles. The molecule has 0 aliphatic rings. The molecule has 1 N–H and O–H groups in total. The number of benzene rings is 3. The van der Waals surface area contributed by atoms with E-state index in [9.17, 15) is 9.18 Å². The normalized spacial score (nSPS) is 11.3. The summed E-state index contributed by atoms with van der Waals surface area (Å²) in [6.45, 7) is 0.610. The Hall–Kier alpha value is -3.09. The number of fused-ring (bicyclic) bond motifs is 1. The maximum Gasteiger partial charge on any atom is 0.250 e. The standard InChI is InChI=1S/C24H19ClFN3OS/c25-19-7-11-21(12-8-19)31-16-24(30)28-27-13-18-15-29(23-4-2-1-3-22(18)23)14-17-5-9-20(26)10-6-17/h1-13,15H,14,16H2,(H,28,30)/b27-13-. The Morgan fingerprint density at radius 3 is 2.58 bits per heavy atom. The minimum absolute atomic E-state index is 0.189. The molecule has 4 rings (SSSR count). The van der Waals surface area contributed by atoms with Gasteiger partial charge in [-0.15, -0.1) is 11.8 Å². The molecule has 0 fully saturated rings. The zero-order chi connectivity index (χ0) is 21.6. The van der Waals surface area contributed by atoms with Crippen LogP contribution in [0, 0.1) is 5.82 Å². The van der Waals surface area contributed by atoms with Crippen LogP contribution in [0.25, 0.3) is 10.9 Å². The first-order chi connectivity index (χ1) is 15.1. The highest BCUT2D eigenvalue weighted by molar-refractivity contribution is 8.00. The molecule has 0 saturated carbocycles. The summed E-state index contributed by atoms with van der Waals surface area (Å²) in [6, 6.07) is 21.8.